The highest BCUT2D eigenvalue weighted by atomic mass is 127. The summed E-state index contributed by atoms with van der Waals surface area (Å²) in [6.45, 7) is 8.48. The Balaban J connectivity index is 0.00000385. The highest BCUT2D eigenvalue weighted by Crippen LogP contribution is 2.18. The van der Waals surface area contributed by atoms with Crippen LogP contribution in [-0.2, 0) is 17.9 Å². The number of hydrogen-bond acceptors (Lipinski definition) is 5. The van der Waals surface area contributed by atoms with Crippen LogP contribution in [0.15, 0.2) is 29.3 Å². The van der Waals surface area contributed by atoms with E-state index >= 15 is 0 Å². The standard InChI is InChI=1S/C24H40N6O2.HI/c1-4-30-12-7-10-21(30)15-26-24(27-16-23(32)28(2)3)25-14-19-8-5-6-9-20(19)17-29-13-11-22(31)18-29;/h5-6,8-9,21-22,31H,4,7,10-18H2,1-3H3,(H2,25,26,27);1H. The van der Waals surface area contributed by atoms with E-state index in [1.165, 1.54) is 24.0 Å². The van der Waals surface area contributed by atoms with Gasteiger partial charge >= 0.3 is 0 Å². The van der Waals surface area contributed by atoms with E-state index in [9.17, 15) is 9.90 Å². The molecule has 0 aromatic heterocycles. The number of nitrogens with zero attached hydrogens (tertiary/aromatic N) is 4. The second kappa shape index (κ2) is 14.1. The van der Waals surface area contributed by atoms with E-state index in [1.54, 1.807) is 19.0 Å². The number of aliphatic imine (C=N–C) groups is 1. The number of nitrogens with one attached hydrogen (secondary N) is 2. The molecule has 2 aliphatic heterocycles. The van der Waals surface area contributed by atoms with Gasteiger partial charge in [-0.25, -0.2) is 4.99 Å². The van der Waals surface area contributed by atoms with E-state index in [1.807, 2.05) is 6.07 Å². The average Bonchev–Trinajstić information content (AvgIpc) is 3.41. The quantitative estimate of drug-likeness (QED) is 0.236. The molecule has 1 aromatic carbocycles. The number of carbonyl (C=O) groups excluding carboxylic acids is 1. The molecular formula is C24H41IN6O2. The number of carbonyl (C=O) groups is 1. The van der Waals surface area contributed by atoms with Gasteiger partial charge in [-0.15, -0.1) is 24.0 Å². The van der Waals surface area contributed by atoms with Crippen molar-refractivity contribution in [1.29, 1.82) is 0 Å². The molecule has 2 heterocycles. The fraction of sp³-hybridized carbons (Fsp3) is 0.667. The van der Waals surface area contributed by atoms with Crippen molar-refractivity contribution >= 4 is 35.8 Å². The van der Waals surface area contributed by atoms with Gasteiger partial charge in [0.2, 0.25) is 5.91 Å². The lowest BCUT2D eigenvalue weighted by Crippen LogP contribution is -2.47. The molecule has 1 aromatic rings. The van der Waals surface area contributed by atoms with Gasteiger partial charge < -0.3 is 20.6 Å². The van der Waals surface area contributed by atoms with E-state index < -0.39 is 0 Å². The zero-order valence-corrected chi connectivity index (χ0v) is 22.6. The van der Waals surface area contributed by atoms with E-state index in [4.69, 9.17) is 4.99 Å². The SMILES string of the molecule is CCN1CCCC1CNC(=NCc1ccccc1CN1CCC(O)C1)NCC(=O)N(C)C.I. The monoisotopic (exact) mass is 572 g/mol. The van der Waals surface area contributed by atoms with Gasteiger partial charge in [0, 0.05) is 46.3 Å². The summed E-state index contributed by atoms with van der Waals surface area (Å²) in [6, 6.07) is 8.86. The predicted octanol–water partition coefficient (Wildman–Crippen LogP) is 1.48. The predicted molar refractivity (Wildman–Crippen MR) is 144 cm³/mol. The van der Waals surface area contributed by atoms with Crippen LogP contribution in [-0.4, -0.2) is 97.2 Å². The van der Waals surface area contributed by atoms with Crippen LogP contribution in [0.1, 0.15) is 37.3 Å². The zero-order chi connectivity index (χ0) is 22.9. The lowest BCUT2D eigenvalue weighted by atomic mass is 10.1. The summed E-state index contributed by atoms with van der Waals surface area (Å²) in [7, 11) is 3.52. The summed E-state index contributed by atoms with van der Waals surface area (Å²) in [5.74, 6) is 0.693. The van der Waals surface area contributed by atoms with Gasteiger partial charge in [-0.2, -0.15) is 0 Å². The van der Waals surface area contributed by atoms with Gasteiger partial charge in [0.15, 0.2) is 5.96 Å². The first-order valence-electron chi connectivity index (χ1n) is 11.9. The van der Waals surface area contributed by atoms with Gasteiger partial charge in [-0.3, -0.25) is 14.6 Å². The largest absolute Gasteiger partial charge is 0.392 e. The lowest BCUT2D eigenvalue weighted by molar-refractivity contribution is -0.127. The van der Waals surface area contributed by atoms with Crippen molar-refractivity contribution in [3.05, 3.63) is 35.4 Å². The van der Waals surface area contributed by atoms with Gasteiger partial charge in [0.25, 0.3) is 0 Å². The molecule has 3 N–H and O–H groups in total. The number of aliphatic hydroxyl groups is 1. The topological polar surface area (TPSA) is 83.4 Å². The first kappa shape index (κ1) is 27.8. The number of likely N-dealkylation sites (N-methyl/N-ethyl adjacent to an activating group) is 2. The van der Waals surface area contributed by atoms with Crippen LogP contribution in [0.4, 0.5) is 0 Å². The van der Waals surface area contributed by atoms with Gasteiger partial charge in [0.05, 0.1) is 19.2 Å². The first-order chi connectivity index (χ1) is 15.5. The molecule has 3 rings (SSSR count). The Morgan fingerprint density at radius 3 is 2.61 bits per heavy atom. The van der Waals surface area contributed by atoms with Crippen LogP contribution in [0.5, 0.6) is 0 Å². The molecule has 0 saturated carbocycles. The molecule has 186 valence electrons. The molecule has 2 saturated heterocycles. The Kier molecular flexibility index (Phi) is 11.9. The maximum Gasteiger partial charge on any atom is 0.241 e. The van der Waals surface area contributed by atoms with E-state index in [-0.39, 0.29) is 42.5 Å². The highest BCUT2D eigenvalue weighted by molar-refractivity contribution is 14.0. The summed E-state index contributed by atoms with van der Waals surface area (Å²) in [5.41, 5.74) is 2.41. The molecule has 0 spiro atoms. The molecular weight excluding hydrogens is 531 g/mol. The second-order valence-corrected chi connectivity index (χ2v) is 9.06. The van der Waals surface area contributed by atoms with E-state index in [2.05, 4.69) is 45.6 Å². The summed E-state index contributed by atoms with van der Waals surface area (Å²) in [4.78, 5) is 23.3. The van der Waals surface area contributed by atoms with Gasteiger partial charge in [0.1, 0.15) is 0 Å². The number of amides is 1. The minimum absolute atomic E-state index is 0. The lowest BCUT2D eigenvalue weighted by Gasteiger charge is -2.24. The first-order valence-corrected chi connectivity index (χ1v) is 11.9. The van der Waals surface area contributed by atoms with Crippen LogP contribution in [0.3, 0.4) is 0 Å². The minimum atomic E-state index is -0.215. The average molecular weight is 573 g/mol. The summed E-state index contributed by atoms with van der Waals surface area (Å²) < 4.78 is 0. The van der Waals surface area contributed by atoms with Gasteiger partial charge in [-0.05, 0) is 43.5 Å². The van der Waals surface area contributed by atoms with Crippen LogP contribution < -0.4 is 10.6 Å². The number of likely N-dealkylation sites (tertiary alicyclic amines) is 2. The Hall–Kier alpha value is -1.43. The maximum atomic E-state index is 12.1. The molecule has 33 heavy (non-hydrogen) atoms. The van der Waals surface area contributed by atoms with Crippen LogP contribution in [0, 0.1) is 0 Å². The second-order valence-electron chi connectivity index (χ2n) is 9.06. The maximum absolute atomic E-state index is 12.1. The molecule has 2 aliphatic rings. The molecule has 2 fully saturated rings. The molecule has 0 aliphatic carbocycles. The van der Waals surface area contributed by atoms with E-state index in [0.717, 1.165) is 45.7 Å². The summed E-state index contributed by atoms with van der Waals surface area (Å²) in [6.07, 6.45) is 3.05. The van der Waals surface area contributed by atoms with Crippen LogP contribution in [0.2, 0.25) is 0 Å². The molecule has 0 bridgehead atoms. The third-order valence-corrected chi connectivity index (χ3v) is 6.48. The molecule has 8 nitrogen and oxygen atoms in total. The Bertz CT molecular complexity index is 775. The number of rotatable bonds is 9. The Morgan fingerprint density at radius 2 is 1.94 bits per heavy atom. The molecule has 2 unspecified atom stereocenters. The molecule has 2 atom stereocenters. The van der Waals surface area contributed by atoms with Crippen molar-refractivity contribution in [3.63, 3.8) is 0 Å². The smallest absolute Gasteiger partial charge is 0.241 e. The zero-order valence-electron chi connectivity index (χ0n) is 20.3. The third kappa shape index (κ3) is 8.70. The minimum Gasteiger partial charge on any atom is -0.392 e. The van der Waals surface area contributed by atoms with Crippen molar-refractivity contribution in [2.75, 3.05) is 53.4 Å². The number of β-amino-alcohol motifs (C(OH)–C–C–N with tert-alkyl or cyclic N) is 1. The van der Waals surface area contributed by atoms with E-state index in [0.29, 0.717) is 18.5 Å². The highest BCUT2D eigenvalue weighted by Gasteiger charge is 2.23. The Labute approximate surface area is 215 Å². The molecule has 1 amide bonds. The van der Waals surface area contributed by atoms with Crippen molar-refractivity contribution in [3.8, 4) is 0 Å². The van der Waals surface area contributed by atoms with Crippen molar-refractivity contribution in [2.45, 2.75) is 51.4 Å². The molecule has 9 heteroatoms. The Morgan fingerprint density at radius 1 is 1.18 bits per heavy atom. The fourth-order valence-corrected chi connectivity index (χ4v) is 4.48. The normalized spacial score (nSPS) is 21.6. The number of benzene rings is 1. The fourth-order valence-electron chi connectivity index (χ4n) is 4.48. The van der Waals surface area contributed by atoms with Crippen LogP contribution in [0.25, 0.3) is 0 Å². The van der Waals surface area contributed by atoms with Gasteiger partial charge in [-0.1, -0.05) is 31.2 Å². The number of guanidine groups is 1. The number of aliphatic hydroxyl groups excluding tert-OH is 1. The number of halogens is 1. The third-order valence-electron chi connectivity index (χ3n) is 6.48. The summed E-state index contributed by atoms with van der Waals surface area (Å²) in [5, 5.41) is 16.5. The van der Waals surface area contributed by atoms with Crippen LogP contribution >= 0.6 is 24.0 Å². The van der Waals surface area contributed by atoms with Crippen molar-refractivity contribution in [2.24, 2.45) is 4.99 Å². The molecule has 0 radical (unpaired) electrons. The summed E-state index contributed by atoms with van der Waals surface area (Å²) >= 11 is 0. The van der Waals surface area contributed by atoms with Crippen molar-refractivity contribution < 1.29 is 9.90 Å². The van der Waals surface area contributed by atoms with Crippen molar-refractivity contribution in [1.82, 2.24) is 25.3 Å². The number of hydrogen-bond donors (Lipinski definition) is 3.